The molecule has 0 spiro atoms. The van der Waals surface area contributed by atoms with Crippen molar-refractivity contribution in [3.05, 3.63) is 17.5 Å². The van der Waals surface area contributed by atoms with Crippen LogP contribution in [0, 0.1) is 0 Å². The fraction of sp³-hybridized carbons (Fsp3) is 0.778. The molecule has 1 amide bonds. The molecule has 9 nitrogen and oxygen atoms in total. The minimum atomic E-state index is -3.46. The molecule has 2 atom stereocenters. The van der Waals surface area contributed by atoms with E-state index < -0.39 is 10.2 Å². The van der Waals surface area contributed by atoms with Gasteiger partial charge in [-0.25, -0.2) is 0 Å². The van der Waals surface area contributed by atoms with Crippen LogP contribution in [0.25, 0.3) is 0 Å². The molecule has 3 heterocycles. The largest absolute Gasteiger partial charge is 0.360 e. The highest BCUT2D eigenvalue weighted by Crippen LogP contribution is 2.40. The van der Waals surface area contributed by atoms with Crippen molar-refractivity contribution in [2.24, 2.45) is 0 Å². The zero-order chi connectivity index (χ0) is 19.9. The van der Waals surface area contributed by atoms with Crippen LogP contribution in [0.3, 0.4) is 0 Å². The van der Waals surface area contributed by atoms with E-state index in [1.165, 1.54) is 0 Å². The third kappa shape index (κ3) is 4.10. The predicted molar refractivity (Wildman–Crippen MR) is 103 cm³/mol. The standard InChI is InChI=1S/C18H29N5O4S/c1-13-11-15(19-18(24)16-12-17(27-20-16)14-3-4-14)5-6-23(13)28(25,26)22-9-7-21(2)8-10-22/h12-15H,3-11H2,1-2H3,(H,19,24)/t13-,15-/m1/s1. The molecule has 3 aliphatic rings. The van der Waals surface area contributed by atoms with Gasteiger partial charge in [-0.15, -0.1) is 0 Å². The molecule has 156 valence electrons. The molecule has 0 aromatic carbocycles. The fourth-order valence-corrected chi connectivity index (χ4v) is 5.81. The molecular weight excluding hydrogens is 382 g/mol. The van der Waals surface area contributed by atoms with Gasteiger partial charge in [0.2, 0.25) is 0 Å². The lowest BCUT2D eigenvalue weighted by atomic mass is 10.0. The number of piperidine rings is 1. The van der Waals surface area contributed by atoms with E-state index in [1.54, 1.807) is 14.7 Å². The van der Waals surface area contributed by atoms with Crippen LogP contribution in [0.15, 0.2) is 10.6 Å². The van der Waals surface area contributed by atoms with E-state index in [0.29, 0.717) is 44.1 Å². The number of hydrogen-bond donors (Lipinski definition) is 1. The maximum Gasteiger partial charge on any atom is 0.282 e. The number of amides is 1. The summed E-state index contributed by atoms with van der Waals surface area (Å²) < 4.78 is 34.4. The highest BCUT2D eigenvalue weighted by atomic mass is 32.2. The number of hydrogen-bond acceptors (Lipinski definition) is 6. The molecular formula is C18H29N5O4S. The van der Waals surface area contributed by atoms with Gasteiger partial charge in [0.25, 0.3) is 16.1 Å². The summed E-state index contributed by atoms with van der Waals surface area (Å²) in [5.41, 5.74) is 0.307. The molecule has 1 N–H and O–H groups in total. The lowest BCUT2D eigenvalue weighted by Gasteiger charge is -2.41. The average Bonchev–Trinajstić information content (AvgIpc) is 3.38. The summed E-state index contributed by atoms with van der Waals surface area (Å²) in [5, 5.41) is 6.87. The second-order valence-electron chi connectivity index (χ2n) is 8.25. The minimum absolute atomic E-state index is 0.0671. The van der Waals surface area contributed by atoms with Crippen molar-refractivity contribution in [2.45, 2.75) is 50.6 Å². The van der Waals surface area contributed by atoms with Crippen LogP contribution >= 0.6 is 0 Å². The molecule has 0 bridgehead atoms. The number of carbonyl (C=O) groups excluding carboxylic acids is 1. The van der Waals surface area contributed by atoms with E-state index in [1.807, 2.05) is 14.0 Å². The summed E-state index contributed by atoms with van der Waals surface area (Å²) >= 11 is 0. The lowest BCUT2D eigenvalue weighted by Crippen LogP contribution is -2.57. The van der Waals surface area contributed by atoms with Crippen molar-refractivity contribution in [3.63, 3.8) is 0 Å². The molecule has 1 aromatic rings. The van der Waals surface area contributed by atoms with Gasteiger partial charge in [-0.05, 0) is 39.7 Å². The molecule has 3 fully saturated rings. The summed E-state index contributed by atoms with van der Waals surface area (Å²) in [6.07, 6.45) is 3.37. The first-order valence-electron chi connectivity index (χ1n) is 10.1. The van der Waals surface area contributed by atoms with Crippen LogP contribution in [0.1, 0.15) is 54.8 Å². The Morgan fingerprint density at radius 3 is 2.54 bits per heavy atom. The van der Waals surface area contributed by atoms with E-state index in [0.717, 1.165) is 31.7 Å². The zero-order valence-electron chi connectivity index (χ0n) is 16.5. The number of piperazine rings is 1. The van der Waals surface area contributed by atoms with Crippen molar-refractivity contribution < 1.29 is 17.7 Å². The summed E-state index contributed by atoms with van der Waals surface area (Å²) in [6.45, 7) is 4.87. The van der Waals surface area contributed by atoms with Crippen molar-refractivity contribution in [1.29, 1.82) is 0 Å². The maximum atomic E-state index is 13.0. The van der Waals surface area contributed by atoms with Gasteiger partial charge in [0.15, 0.2) is 5.69 Å². The van der Waals surface area contributed by atoms with E-state index in [-0.39, 0.29) is 18.0 Å². The Hall–Kier alpha value is -1.49. The van der Waals surface area contributed by atoms with E-state index >= 15 is 0 Å². The quantitative estimate of drug-likeness (QED) is 0.763. The molecule has 2 saturated heterocycles. The molecule has 10 heteroatoms. The van der Waals surface area contributed by atoms with E-state index in [4.69, 9.17) is 4.52 Å². The Morgan fingerprint density at radius 1 is 1.18 bits per heavy atom. The van der Waals surface area contributed by atoms with Crippen molar-refractivity contribution in [1.82, 2.24) is 24.0 Å². The van der Waals surface area contributed by atoms with Gasteiger partial charge in [-0.2, -0.15) is 17.0 Å². The first-order chi connectivity index (χ1) is 13.3. The number of likely N-dealkylation sites (N-methyl/N-ethyl adjacent to an activating group) is 1. The second kappa shape index (κ2) is 7.74. The van der Waals surface area contributed by atoms with Crippen LogP contribution < -0.4 is 5.32 Å². The van der Waals surface area contributed by atoms with Crippen molar-refractivity contribution in [3.8, 4) is 0 Å². The molecule has 1 saturated carbocycles. The Labute approximate surface area is 166 Å². The SMILES string of the molecule is C[C@@H]1C[C@H](NC(=O)c2cc(C3CC3)on2)CCN1S(=O)(=O)N1CCN(C)CC1. The van der Waals surface area contributed by atoms with Crippen LogP contribution in [-0.4, -0.2) is 84.8 Å². The maximum absolute atomic E-state index is 13.0. The Kier molecular flexibility index (Phi) is 5.47. The molecule has 0 unspecified atom stereocenters. The van der Waals surface area contributed by atoms with Crippen LogP contribution in [0.5, 0.6) is 0 Å². The first kappa shape index (κ1) is 19.8. The minimum Gasteiger partial charge on any atom is -0.360 e. The highest BCUT2D eigenvalue weighted by molar-refractivity contribution is 7.86. The summed E-state index contributed by atoms with van der Waals surface area (Å²) in [4.78, 5) is 14.6. The normalized spacial score (nSPS) is 28.4. The van der Waals surface area contributed by atoms with Crippen molar-refractivity contribution in [2.75, 3.05) is 39.8 Å². The monoisotopic (exact) mass is 411 g/mol. The van der Waals surface area contributed by atoms with E-state index in [9.17, 15) is 13.2 Å². The summed E-state index contributed by atoms with van der Waals surface area (Å²) in [6, 6.07) is 1.49. The zero-order valence-corrected chi connectivity index (χ0v) is 17.3. The molecule has 1 aromatic heterocycles. The Bertz CT molecular complexity index is 814. The van der Waals surface area contributed by atoms with Crippen LogP contribution in [0.2, 0.25) is 0 Å². The number of carbonyl (C=O) groups is 1. The highest BCUT2D eigenvalue weighted by Gasteiger charge is 2.38. The van der Waals surface area contributed by atoms with Gasteiger partial charge in [-0.3, -0.25) is 4.79 Å². The van der Waals surface area contributed by atoms with Gasteiger partial charge >= 0.3 is 0 Å². The molecule has 28 heavy (non-hydrogen) atoms. The second-order valence-corrected chi connectivity index (χ2v) is 10.1. The number of nitrogens with one attached hydrogen (secondary N) is 1. The number of nitrogens with zero attached hydrogens (tertiary/aromatic N) is 4. The Balaban J connectivity index is 1.33. The third-order valence-corrected chi connectivity index (χ3v) is 8.13. The number of rotatable bonds is 5. The fourth-order valence-electron chi connectivity index (χ4n) is 4.01. The average molecular weight is 412 g/mol. The first-order valence-corrected chi connectivity index (χ1v) is 11.5. The third-order valence-electron chi connectivity index (χ3n) is 5.98. The van der Waals surface area contributed by atoms with E-state index in [2.05, 4.69) is 15.4 Å². The van der Waals surface area contributed by atoms with Gasteiger partial charge in [-0.1, -0.05) is 5.16 Å². The molecule has 4 rings (SSSR count). The van der Waals surface area contributed by atoms with Crippen LogP contribution in [0.4, 0.5) is 0 Å². The number of aromatic nitrogens is 1. The molecule has 1 aliphatic carbocycles. The molecule has 0 radical (unpaired) electrons. The molecule has 2 aliphatic heterocycles. The predicted octanol–water partition coefficient (Wildman–Crippen LogP) is 0.627. The summed E-state index contributed by atoms with van der Waals surface area (Å²) in [5.74, 6) is 0.951. The van der Waals surface area contributed by atoms with Gasteiger partial charge in [0.05, 0.1) is 0 Å². The van der Waals surface area contributed by atoms with Gasteiger partial charge in [0.1, 0.15) is 5.76 Å². The Morgan fingerprint density at radius 2 is 1.89 bits per heavy atom. The van der Waals surface area contributed by atoms with Crippen LogP contribution in [-0.2, 0) is 10.2 Å². The summed E-state index contributed by atoms with van der Waals surface area (Å²) in [7, 11) is -1.46. The smallest absolute Gasteiger partial charge is 0.282 e. The van der Waals surface area contributed by atoms with Crippen molar-refractivity contribution >= 4 is 16.1 Å². The topological polar surface area (TPSA) is 99.0 Å². The van der Waals surface area contributed by atoms with Gasteiger partial charge in [0, 0.05) is 56.8 Å². The van der Waals surface area contributed by atoms with Gasteiger partial charge < -0.3 is 14.7 Å². The lowest BCUT2D eigenvalue weighted by molar-refractivity contribution is 0.0903.